The highest BCUT2D eigenvalue weighted by Gasteiger charge is 2.18. The van der Waals surface area contributed by atoms with Crippen LogP contribution in [0, 0.1) is 6.92 Å². The zero-order valence-corrected chi connectivity index (χ0v) is 19.1. The molecule has 2 heterocycles. The first-order chi connectivity index (χ1) is 15.9. The Bertz CT molecular complexity index is 1360. The average molecular weight is 444 g/mol. The van der Waals surface area contributed by atoms with Gasteiger partial charge in [0.15, 0.2) is 5.82 Å². The first-order valence-corrected chi connectivity index (χ1v) is 11.2. The molecule has 0 radical (unpaired) electrons. The predicted octanol–water partition coefficient (Wildman–Crippen LogP) is 4.37. The fourth-order valence-electron chi connectivity index (χ4n) is 4.20. The molecule has 0 aliphatic heterocycles. The number of rotatable bonds is 8. The number of aryl methyl sites for hydroxylation is 2. The Balaban J connectivity index is 1.84. The lowest BCUT2D eigenvalue weighted by atomic mass is 10.0. The van der Waals surface area contributed by atoms with E-state index in [1.807, 2.05) is 43.3 Å². The second-order valence-corrected chi connectivity index (χ2v) is 8.27. The SMILES string of the molecule is C=CC(=O)NCc1cc(Cn2c(CCCC)nc3c(N)nc4ccccc4c32)cc(C)c1O. The van der Waals surface area contributed by atoms with Gasteiger partial charge in [-0.15, -0.1) is 0 Å². The summed E-state index contributed by atoms with van der Waals surface area (Å²) in [6.07, 6.45) is 4.12. The van der Waals surface area contributed by atoms with E-state index in [0.29, 0.717) is 23.4 Å². The maximum absolute atomic E-state index is 11.6. The van der Waals surface area contributed by atoms with Gasteiger partial charge < -0.3 is 20.7 Å². The number of carbonyl (C=O) groups excluding carboxylic acids is 1. The fraction of sp³-hybridized carbons (Fsp3) is 0.269. The summed E-state index contributed by atoms with van der Waals surface area (Å²) in [7, 11) is 0. The maximum Gasteiger partial charge on any atom is 0.243 e. The van der Waals surface area contributed by atoms with Crippen molar-refractivity contribution < 1.29 is 9.90 Å². The molecule has 0 unspecified atom stereocenters. The number of hydrogen-bond donors (Lipinski definition) is 3. The van der Waals surface area contributed by atoms with Crippen LogP contribution in [-0.2, 0) is 24.3 Å². The lowest BCUT2D eigenvalue weighted by Crippen LogP contribution is -2.20. The molecular formula is C26H29N5O2. The Morgan fingerprint density at radius 1 is 1.27 bits per heavy atom. The Morgan fingerprint density at radius 3 is 2.82 bits per heavy atom. The number of unbranched alkanes of at least 4 members (excludes halogenated alkanes) is 1. The van der Waals surface area contributed by atoms with E-state index in [0.717, 1.165) is 52.6 Å². The van der Waals surface area contributed by atoms with Gasteiger partial charge in [0.25, 0.3) is 0 Å². The molecular weight excluding hydrogens is 414 g/mol. The molecule has 0 saturated heterocycles. The smallest absolute Gasteiger partial charge is 0.243 e. The number of para-hydroxylation sites is 1. The van der Waals surface area contributed by atoms with Gasteiger partial charge in [0.1, 0.15) is 17.1 Å². The molecule has 0 aliphatic carbocycles. The molecule has 2 aromatic carbocycles. The number of carbonyl (C=O) groups is 1. The van der Waals surface area contributed by atoms with Crippen LogP contribution < -0.4 is 11.1 Å². The number of nitrogens with one attached hydrogen (secondary N) is 1. The van der Waals surface area contributed by atoms with Crippen LogP contribution in [0.15, 0.2) is 49.1 Å². The molecule has 4 rings (SSSR count). The van der Waals surface area contributed by atoms with Gasteiger partial charge in [-0.1, -0.05) is 44.2 Å². The zero-order valence-electron chi connectivity index (χ0n) is 19.1. The van der Waals surface area contributed by atoms with Crippen molar-refractivity contribution in [3.8, 4) is 5.75 Å². The minimum Gasteiger partial charge on any atom is -0.507 e. The van der Waals surface area contributed by atoms with Crippen molar-refractivity contribution in [1.29, 1.82) is 0 Å². The molecule has 0 spiro atoms. The average Bonchev–Trinajstić information content (AvgIpc) is 3.17. The molecule has 1 amide bonds. The van der Waals surface area contributed by atoms with Gasteiger partial charge in [0.05, 0.1) is 11.0 Å². The van der Waals surface area contributed by atoms with Crippen molar-refractivity contribution >= 4 is 33.7 Å². The molecule has 33 heavy (non-hydrogen) atoms. The topological polar surface area (TPSA) is 106 Å². The summed E-state index contributed by atoms with van der Waals surface area (Å²) in [6.45, 7) is 8.28. The van der Waals surface area contributed by atoms with Crippen LogP contribution in [0.1, 0.15) is 42.3 Å². The van der Waals surface area contributed by atoms with Crippen molar-refractivity contribution in [1.82, 2.24) is 19.9 Å². The number of aromatic hydroxyl groups is 1. The molecule has 0 atom stereocenters. The second-order valence-electron chi connectivity index (χ2n) is 8.27. The van der Waals surface area contributed by atoms with Crippen molar-refractivity contribution in [2.75, 3.05) is 5.73 Å². The van der Waals surface area contributed by atoms with Gasteiger partial charge in [0, 0.05) is 30.5 Å². The van der Waals surface area contributed by atoms with Gasteiger partial charge >= 0.3 is 0 Å². The van der Waals surface area contributed by atoms with Crippen molar-refractivity contribution in [2.24, 2.45) is 0 Å². The van der Waals surface area contributed by atoms with E-state index in [9.17, 15) is 9.90 Å². The third-order valence-corrected chi connectivity index (χ3v) is 5.86. The molecule has 0 saturated carbocycles. The summed E-state index contributed by atoms with van der Waals surface area (Å²) in [6, 6.07) is 11.8. The van der Waals surface area contributed by atoms with E-state index in [-0.39, 0.29) is 18.2 Å². The Labute approximate surface area is 193 Å². The van der Waals surface area contributed by atoms with Crippen LogP contribution in [0.5, 0.6) is 5.75 Å². The van der Waals surface area contributed by atoms with Gasteiger partial charge in [-0.05, 0) is 42.7 Å². The Morgan fingerprint density at radius 2 is 2.06 bits per heavy atom. The van der Waals surface area contributed by atoms with Gasteiger partial charge in [0.2, 0.25) is 5.91 Å². The number of imidazole rings is 1. The molecule has 2 aromatic heterocycles. The molecule has 7 nitrogen and oxygen atoms in total. The third-order valence-electron chi connectivity index (χ3n) is 5.86. The maximum atomic E-state index is 11.6. The highest BCUT2D eigenvalue weighted by molar-refractivity contribution is 6.06. The van der Waals surface area contributed by atoms with E-state index in [1.165, 1.54) is 6.08 Å². The van der Waals surface area contributed by atoms with E-state index < -0.39 is 0 Å². The number of nitrogens with two attached hydrogens (primary N) is 1. The summed E-state index contributed by atoms with van der Waals surface area (Å²) in [5.41, 5.74) is 11.2. The number of fused-ring (bicyclic) bond motifs is 3. The van der Waals surface area contributed by atoms with Crippen LogP contribution in [0.25, 0.3) is 21.9 Å². The van der Waals surface area contributed by atoms with Crippen molar-refractivity contribution in [3.63, 3.8) is 0 Å². The van der Waals surface area contributed by atoms with Crippen LogP contribution >= 0.6 is 0 Å². The largest absolute Gasteiger partial charge is 0.507 e. The van der Waals surface area contributed by atoms with E-state index >= 15 is 0 Å². The number of hydrogen-bond acceptors (Lipinski definition) is 5. The molecule has 4 aromatic rings. The first-order valence-electron chi connectivity index (χ1n) is 11.2. The lowest BCUT2D eigenvalue weighted by molar-refractivity contribution is -0.116. The number of nitrogens with zero attached hydrogens (tertiary/aromatic N) is 3. The molecule has 4 N–H and O–H groups in total. The zero-order chi connectivity index (χ0) is 23.5. The summed E-state index contributed by atoms with van der Waals surface area (Å²) in [5, 5.41) is 14.3. The number of anilines is 1. The van der Waals surface area contributed by atoms with Crippen molar-refractivity contribution in [2.45, 2.75) is 46.2 Å². The van der Waals surface area contributed by atoms with Crippen LogP contribution in [0.4, 0.5) is 5.82 Å². The summed E-state index contributed by atoms with van der Waals surface area (Å²) in [5.74, 6) is 1.29. The Kier molecular flexibility index (Phi) is 6.31. The molecule has 0 bridgehead atoms. The standard InChI is InChI=1S/C26H29N5O2/c1-4-6-11-21-30-23-24(19-9-7-8-10-20(19)29-26(23)27)31(21)15-17-12-16(3)25(33)18(13-17)14-28-22(32)5-2/h5,7-10,12-13,33H,2,4,6,11,14-15H2,1,3H3,(H2,27,29)(H,28,32). The fourth-order valence-corrected chi connectivity index (χ4v) is 4.20. The monoisotopic (exact) mass is 443 g/mol. The number of pyridine rings is 1. The van der Waals surface area contributed by atoms with Crippen LogP contribution in [-0.4, -0.2) is 25.5 Å². The number of nitrogen functional groups attached to an aromatic ring is 1. The van der Waals surface area contributed by atoms with Crippen LogP contribution in [0.2, 0.25) is 0 Å². The molecule has 0 aliphatic rings. The lowest BCUT2D eigenvalue weighted by Gasteiger charge is -2.15. The van der Waals surface area contributed by atoms with Gasteiger partial charge in [-0.2, -0.15) is 0 Å². The van der Waals surface area contributed by atoms with E-state index in [4.69, 9.17) is 10.7 Å². The number of phenols is 1. The minimum atomic E-state index is -0.283. The van der Waals surface area contributed by atoms with Crippen LogP contribution in [0.3, 0.4) is 0 Å². The normalized spacial score (nSPS) is 11.2. The quantitative estimate of drug-likeness (QED) is 0.351. The highest BCUT2D eigenvalue weighted by Crippen LogP contribution is 2.31. The summed E-state index contributed by atoms with van der Waals surface area (Å²) >= 11 is 0. The molecule has 7 heteroatoms. The van der Waals surface area contributed by atoms with Crippen molar-refractivity contribution in [3.05, 3.63) is 71.6 Å². The number of amides is 1. The third kappa shape index (κ3) is 4.39. The summed E-state index contributed by atoms with van der Waals surface area (Å²) in [4.78, 5) is 21.1. The highest BCUT2D eigenvalue weighted by atomic mass is 16.3. The second kappa shape index (κ2) is 9.32. The minimum absolute atomic E-state index is 0.184. The predicted molar refractivity (Wildman–Crippen MR) is 132 cm³/mol. The first kappa shape index (κ1) is 22.3. The molecule has 0 fully saturated rings. The number of aromatic nitrogens is 3. The number of benzene rings is 2. The Hall–Kier alpha value is -3.87. The summed E-state index contributed by atoms with van der Waals surface area (Å²) < 4.78 is 2.21. The van der Waals surface area contributed by atoms with Gasteiger partial charge in [-0.3, -0.25) is 4.79 Å². The van der Waals surface area contributed by atoms with Gasteiger partial charge in [-0.25, -0.2) is 9.97 Å². The molecule has 170 valence electrons. The van der Waals surface area contributed by atoms with E-state index in [2.05, 4.69) is 28.4 Å². The van der Waals surface area contributed by atoms with E-state index in [1.54, 1.807) is 0 Å². The number of phenolic OH excluding ortho intramolecular Hbond substituents is 1.